The molecular weight excluding hydrogens is 376 g/mol. The molecule has 0 bridgehead atoms. The highest BCUT2D eigenvalue weighted by atomic mass is 32.2. The van der Waals surface area contributed by atoms with Gasteiger partial charge in [-0.1, -0.05) is 13.0 Å². The number of hydrogen-bond acceptors (Lipinski definition) is 5. The maximum absolute atomic E-state index is 12.5. The summed E-state index contributed by atoms with van der Waals surface area (Å²) >= 11 is 0. The van der Waals surface area contributed by atoms with Gasteiger partial charge in [-0.2, -0.15) is 5.10 Å². The van der Waals surface area contributed by atoms with Gasteiger partial charge in [-0.05, 0) is 55.3 Å². The summed E-state index contributed by atoms with van der Waals surface area (Å²) in [5.74, 6) is 0.708. The molecule has 0 saturated carbocycles. The molecule has 0 radical (unpaired) electrons. The SMILES string of the molecule is CCCOc1ccc(S(=O)(=O)NCCn2ccc(-c3ccccn3)n2)cc1C. The van der Waals surface area contributed by atoms with E-state index < -0.39 is 10.0 Å². The third-order valence-electron chi connectivity index (χ3n) is 4.12. The first-order valence-electron chi connectivity index (χ1n) is 9.17. The van der Waals surface area contributed by atoms with Crippen molar-refractivity contribution in [2.75, 3.05) is 13.2 Å². The smallest absolute Gasteiger partial charge is 0.240 e. The normalized spacial score (nSPS) is 11.5. The molecule has 0 aliphatic rings. The van der Waals surface area contributed by atoms with E-state index in [-0.39, 0.29) is 11.4 Å². The van der Waals surface area contributed by atoms with Crippen molar-refractivity contribution < 1.29 is 13.2 Å². The Morgan fingerprint density at radius 2 is 2.00 bits per heavy atom. The molecular formula is C20H24N4O3S. The van der Waals surface area contributed by atoms with E-state index in [9.17, 15) is 8.42 Å². The standard InChI is InChI=1S/C20H24N4O3S/c1-3-14-27-20-8-7-17(15-16(20)2)28(25,26)22-11-13-24-12-9-19(23-24)18-6-4-5-10-21-18/h4-10,12,15,22H,3,11,13-14H2,1-2H3. The molecule has 0 aliphatic carbocycles. The third-order valence-corrected chi connectivity index (χ3v) is 5.58. The number of ether oxygens (including phenoxy) is 1. The summed E-state index contributed by atoms with van der Waals surface area (Å²) in [6.07, 6.45) is 4.42. The molecule has 2 heterocycles. The summed E-state index contributed by atoms with van der Waals surface area (Å²) < 4.78 is 35.0. The molecule has 28 heavy (non-hydrogen) atoms. The Morgan fingerprint density at radius 3 is 2.71 bits per heavy atom. The second-order valence-corrected chi connectivity index (χ2v) is 8.12. The predicted octanol–water partition coefficient (Wildman–Crippen LogP) is 3.02. The van der Waals surface area contributed by atoms with E-state index in [4.69, 9.17) is 4.74 Å². The van der Waals surface area contributed by atoms with Crippen molar-refractivity contribution >= 4 is 10.0 Å². The lowest BCUT2D eigenvalue weighted by Crippen LogP contribution is -2.27. The van der Waals surface area contributed by atoms with Gasteiger partial charge in [0.05, 0.1) is 23.7 Å². The van der Waals surface area contributed by atoms with E-state index in [2.05, 4.69) is 14.8 Å². The fourth-order valence-electron chi connectivity index (χ4n) is 2.68. The first kappa shape index (κ1) is 20.0. The van der Waals surface area contributed by atoms with Gasteiger partial charge in [0.15, 0.2) is 0 Å². The molecule has 8 heteroatoms. The molecule has 3 rings (SSSR count). The molecule has 1 aromatic carbocycles. The Hall–Kier alpha value is -2.71. The van der Waals surface area contributed by atoms with Crippen molar-refractivity contribution in [1.82, 2.24) is 19.5 Å². The Kier molecular flexibility index (Phi) is 6.43. The number of nitrogens with one attached hydrogen (secondary N) is 1. The van der Waals surface area contributed by atoms with Crippen LogP contribution in [0, 0.1) is 6.92 Å². The van der Waals surface area contributed by atoms with Gasteiger partial charge in [-0.25, -0.2) is 13.1 Å². The van der Waals surface area contributed by atoms with Gasteiger partial charge in [0.1, 0.15) is 11.4 Å². The van der Waals surface area contributed by atoms with E-state index in [0.29, 0.717) is 18.9 Å². The summed E-state index contributed by atoms with van der Waals surface area (Å²) in [5, 5.41) is 4.43. The average molecular weight is 401 g/mol. The Morgan fingerprint density at radius 1 is 1.14 bits per heavy atom. The largest absolute Gasteiger partial charge is 0.493 e. The molecule has 0 amide bonds. The number of rotatable bonds is 9. The monoisotopic (exact) mass is 400 g/mol. The first-order chi connectivity index (χ1) is 13.5. The number of sulfonamides is 1. The molecule has 0 unspecified atom stereocenters. The topological polar surface area (TPSA) is 86.1 Å². The maximum Gasteiger partial charge on any atom is 0.240 e. The molecule has 2 aromatic heterocycles. The zero-order chi connectivity index (χ0) is 20.0. The highest BCUT2D eigenvalue weighted by Crippen LogP contribution is 2.22. The number of benzene rings is 1. The van der Waals surface area contributed by atoms with Crippen molar-refractivity contribution in [3.05, 3.63) is 60.4 Å². The molecule has 1 N–H and O–H groups in total. The van der Waals surface area contributed by atoms with Crippen LogP contribution in [0.15, 0.2) is 59.8 Å². The molecule has 0 aliphatic heterocycles. The van der Waals surface area contributed by atoms with Gasteiger partial charge < -0.3 is 4.74 Å². The minimum absolute atomic E-state index is 0.225. The van der Waals surface area contributed by atoms with Crippen LogP contribution < -0.4 is 9.46 Å². The lowest BCUT2D eigenvalue weighted by molar-refractivity contribution is 0.315. The molecule has 7 nitrogen and oxygen atoms in total. The number of pyridine rings is 1. The average Bonchev–Trinajstić information content (AvgIpc) is 3.16. The predicted molar refractivity (Wildman–Crippen MR) is 108 cm³/mol. The molecule has 3 aromatic rings. The maximum atomic E-state index is 12.5. The molecule has 148 valence electrons. The van der Waals surface area contributed by atoms with E-state index in [1.54, 1.807) is 29.1 Å². The Bertz CT molecular complexity index is 1020. The highest BCUT2D eigenvalue weighted by Gasteiger charge is 2.15. The van der Waals surface area contributed by atoms with E-state index in [1.165, 1.54) is 0 Å². The molecule has 0 atom stereocenters. The van der Waals surface area contributed by atoms with E-state index in [1.807, 2.05) is 44.3 Å². The van der Waals surface area contributed by atoms with Gasteiger partial charge in [0.2, 0.25) is 10.0 Å². The van der Waals surface area contributed by atoms with Crippen LogP contribution in [0.4, 0.5) is 0 Å². The van der Waals surface area contributed by atoms with Crippen LogP contribution in [0.5, 0.6) is 5.75 Å². The van der Waals surface area contributed by atoms with Crippen molar-refractivity contribution in [3.63, 3.8) is 0 Å². The second-order valence-electron chi connectivity index (χ2n) is 6.35. The third kappa shape index (κ3) is 4.96. The van der Waals surface area contributed by atoms with Crippen LogP contribution in [0.1, 0.15) is 18.9 Å². The Balaban J connectivity index is 1.60. The first-order valence-corrected chi connectivity index (χ1v) is 10.7. The summed E-state index contributed by atoms with van der Waals surface area (Å²) in [5.41, 5.74) is 2.33. The van der Waals surface area contributed by atoms with Crippen LogP contribution in [0.25, 0.3) is 11.4 Å². The van der Waals surface area contributed by atoms with Gasteiger partial charge in [-0.15, -0.1) is 0 Å². The van der Waals surface area contributed by atoms with Crippen molar-refractivity contribution in [1.29, 1.82) is 0 Å². The quantitative estimate of drug-likeness (QED) is 0.597. The zero-order valence-electron chi connectivity index (χ0n) is 16.0. The second kappa shape index (κ2) is 8.99. The molecule has 0 spiro atoms. The summed E-state index contributed by atoms with van der Waals surface area (Å²) in [7, 11) is -3.59. The van der Waals surface area contributed by atoms with Gasteiger partial charge >= 0.3 is 0 Å². The van der Waals surface area contributed by atoms with Crippen molar-refractivity contribution in [2.24, 2.45) is 0 Å². The Labute approximate surface area is 165 Å². The summed E-state index contributed by atoms with van der Waals surface area (Å²) in [4.78, 5) is 4.48. The van der Waals surface area contributed by atoms with E-state index >= 15 is 0 Å². The zero-order valence-corrected chi connectivity index (χ0v) is 16.8. The number of nitrogens with zero attached hydrogens (tertiary/aromatic N) is 3. The lowest BCUT2D eigenvalue weighted by atomic mass is 10.2. The summed E-state index contributed by atoms with van der Waals surface area (Å²) in [6.45, 7) is 5.13. The fraction of sp³-hybridized carbons (Fsp3) is 0.300. The van der Waals surface area contributed by atoms with Gasteiger partial charge in [-0.3, -0.25) is 9.67 Å². The molecule has 0 fully saturated rings. The highest BCUT2D eigenvalue weighted by molar-refractivity contribution is 7.89. The van der Waals surface area contributed by atoms with Crippen molar-refractivity contribution in [2.45, 2.75) is 31.7 Å². The fourth-order valence-corrected chi connectivity index (χ4v) is 3.78. The number of aryl methyl sites for hydroxylation is 1. The van der Waals surface area contributed by atoms with Crippen molar-refractivity contribution in [3.8, 4) is 17.1 Å². The minimum atomic E-state index is -3.59. The van der Waals surface area contributed by atoms with Gasteiger partial charge in [0, 0.05) is 18.9 Å². The van der Waals surface area contributed by atoms with Gasteiger partial charge in [0.25, 0.3) is 0 Å². The van der Waals surface area contributed by atoms with E-state index in [0.717, 1.165) is 23.4 Å². The van der Waals surface area contributed by atoms with Crippen LogP contribution in [-0.2, 0) is 16.6 Å². The van der Waals surface area contributed by atoms with Crippen LogP contribution >= 0.6 is 0 Å². The summed E-state index contributed by atoms with van der Waals surface area (Å²) in [6, 6.07) is 12.4. The van der Waals surface area contributed by atoms with Crippen LogP contribution in [0.3, 0.4) is 0 Å². The minimum Gasteiger partial charge on any atom is -0.493 e. The number of aromatic nitrogens is 3. The molecule has 0 saturated heterocycles. The van der Waals surface area contributed by atoms with Crippen LogP contribution in [-0.4, -0.2) is 36.3 Å². The lowest BCUT2D eigenvalue weighted by Gasteiger charge is -2.11. The number of hydrogen-bond donors (Lipinski definition) is 1. The van der Waals surface area contributed by atoms with Crippen LogP contribution in [0.2, 0.25) is 0 Å².